The van der Waals surface area contributed by atoms with E-state index in [0.29, 0.717) is 31.2 Å². The first-order valence-electron chi connectivity index (χ1n) is 5.62. The van der Waals surface area contributed by atoms with Crippen molar-refractivity contribution in [2.24, 2.45) is 0 Å². The van der Waals surface area contributed by atoms with Crippen LogP contribution in [0, 0.1) is 0 Å². The van der Waals surface area contributed by atoms with Crippen LogP contribution >= 0.6 is 0 Å². The summed E-state index contributed by atoms with van der Waals surface area (Å²) in [5, 5.41) is 1.74. The van der Waals surface area contributed by atoms with Crippen LogP contribution < -0.4 is 10.1 Å². The fourth-order valence-corrected chi connectivity index (χ4v) is 2.27. The number of rotatable bonds is 3. The number of hydrogen-bond acceptors (Lipinski definition) is 4. The van der Waals surface area contributed by atoms with Crippen molar-refractivity contribution in [2.75, 3.05) is 26.3 Å². The van der Waals surface area contributed by atoms with Crippen molar-refractivity contribution in [1.29, 1.82) is 0 Å². The Morgan fingerprint density at radius 2 is 1.89 bits per heavy atom. The van der Waals surface area contributed by atoms with E-state index in [1.54, 1.807) is 29.3 Å². The minimum Gasteiger partial charge on any atom is -0.379 e. The minimum atomic E-state index is -1.54. The Bertz CT molecular complexity index is 421. The number of morpholine rings is 1. The van der Waals surface area contributed by atoms with Gasteiger partial charge in [-0.15, -0.1) is 0 Å². The fourth-order valence-electron chi connectivity index (χ4n) is 1.53. The number of carbonyl (C=O) groups is 1. The molecule has 1 heterocycles. The van der Waals surface area contributed by atoms with Gasteiger partial charge in [0, 0.05) is 13.1 Å². The molecule has 18 heavy (non-hydrogen) atoms. The molecule has 1 aliphatic rings. The van der Waals surface area contributed by atoms with E-state index in [9.17, 15) is 9.00 Å². The standard InChI is InChI=1S/C11H15N3O3S/c15-11(12-14-6-8-17-9-7-14)13-18(16)10-4-2-1-3-5-10/h1-5H,6-9H2,(H2,12,13,15). The molecule has 0 spiro atoms. The molecular weight excluding hydrogens is 254 g/mol. The van der Waals surface area contributed by atoms with Crippen LogP contribution in [0.1, 0.15) is 0 Å². The largest absolute Gasteiger partial charge is 0.379 e. The molecule has 1 aromatic carbocycles. The van der Waals surface area contributed by atoms with E-state index in [1.807, 2.05) is 6.07 Å². The quantitative estimate of drug-likeness (QED) is 0.825. The van der Waals surface area contributed by atoms with Crippen LogP contribution in [0.15, 0.2) is 35.2 Å². The fraction of sp³-hybridized carbons (Fsp3) is 0.364. The van der Waals surface area contributed by atoms with Gasteiger partial charge in [0.1, 0.15) is 0 Å². The molecule has 6 nitrogen and oxygen atoms in total. The van der Waals surface area contributed by atoms with E-state index in [4.69, 9.17) is 4.74 Å². The summed E-state index contributed by atoms with van der Waals surface area (Å²) in [6.07, 6.45) is 0. The lowest BCUT2D eigenvalue weighted by molar-refractivity contribution is 0.0200. The average molecular weight is 269 g/mol. The molecule has 0 aromatic heterocycles. The molecule has 0 aliphatic carbocycles. The van der Waals surface area contributed by atoms with Crippen LogP contribution in [0.4, 0.5) is 4.79 Å². The number of carbonyl (C=O) groups excluding carboxylic acids is 1. The van der Waals surface area contributed by atoms with E-state index in [0.717, 1.165) is 0 Å². The van der Waals surface area contributed by atoms with Gasteiger partial charge in [-0.25, -0.2) is 14.0 Å². The Hall–Kier alpha value is -1.44. The van der Waals surface area contributed by atoms with Gasteiger partial charge >= 0.3 is 6.03 Å². The zero-order valence-electron chi connectivity index (χ0n) is 9.80. The van der Waals surface area contributed by atoms with Gasteiger partial charge in [-0.1, -0.05) is 18.2 Å². The van der Waals surface area contributed by atoms with Crippen molar-refractivity contribution in [3.63, 3.8) is 0 Å². The number of amides is 2. The van der Waals surface area contributed by atoms with Crippen molar-refractivity contribution >= 4 is 17.0 Å². The van der Waals surface area contributed by atoms with Crippen molar-refractivity contribution in [1.82, 2.24) is 15.2 Å². The van der Waals surface area contributed by atoms with E-state index < -0.39 is 17.0 Å². The summed E-state index contributed by atoms with van der Waals surface area (Å²) in [4.78, 5) is 12.2. The van der Waals surface area contributed by atoms with Crippen molar-refractivity contribution in [3.05, 3.63) is 30.3 Å². The Kier molecular flexibility index (Phi) is 4.68. The first-order chi connectivity index (χ1) is 8.75. The molecule has 7 heteroatoms. The third kappa shape index (κ3) is 3.80. The minimum absolute atomic E-state index is 0.473. The number of ether oxygens (including phenoxy) is 1. The zero-order chi connectivity index (χ0) is 12.8. The summed E-state index contributed by atoms with van der Waals surface area (Å²) >= 11 is 0. The lowest BCUT2D eigenvalue weighted by atomic mass is 10.4. The first kappa shape index (κ1) is 13.0. The van der Waals surface area contributed by atoms with Crippen molar-refractivity contribution < 1.29 is 13.7 Å². The van der Waals surface area contributed by atoms with E-state index in [-0.39, 0.29) is 0 Å². The molecule has 0 saturated carbocycles. The average Bonchev–Trinajstić information content (AvgIpc) is 2.40. The number of urea groups is 1. The summed E-state index contributed by atoms with van der Waals surface area (Å²) < 4.78 is 19.3. The monoisotopic (exact) mass is 269 g/mol. The summed E-state index contributed by atoms with van der Waals surface area (Å²) in [5.41, 5.74) is 2.63. The molecule has 2 rings (SSSR count). The van der Waals surface area contributed by atoms with Gasteiger partial charge in [-0.05, 0) is 12.1 Å². The Labute approximate surface area is 108 Å². The van der Waals surface area contributed by atoms with Crippen molar-refractivity contribution in [2.45, 2.75) is 4.90 Å². The van der Waals surface area contributed by atoms with Gasteiger partial charge < -0.3 is 4.74 Å². The summed E-state index contributed by atoms with van der Waals surface area (Å²) in [6.45, 7) is 2.43. The van der Waals surface area contributed by atoms with Crippen LogP contribution in [0.2, 0.25) is 0 Å². The van der Waals surface area contributed by atoms with Crippen LogP contribution in [-0.2, 0) is 15.7 Å². The second-order valence-electron chi connectivity index (χ2n) is 3.72. The lowest BCUT2D eigenvalue weighted by Gasteiger charge is -2.26. The maximum Gasteiger partial charge on any atom is 0.341 e. The third-order valence-corrected chi connectivity index (χ3v) is 3.48. The van der Waals surface area contributed by atoms with Gasteiger partial charge in [-0.3, -0.25) is 10.1 Å². The van der Waals surface area contributed by atoms with E-state index in [2.05, 4.69) is 10.1 Å². The highest BCUT2D eigenvalue weighted by Crippen LogP contribution is 2.02. The molecule has 2 amide bonds. The molecule has 1 aliphatic heterocycles. The van der Waals surface area contributed by atoms with Gasteiger partial charge in [0.15, 0.2) is 11.0 Å². The maximum atomic E-state index is 11.8. The topological polar surface area (TPSA) is 70.7 Å². The highest BCUT2D eigenvalue weighted by atomic mass is 32.2. The van der Waals surface area contributed by atoms with Crippen LogP contribution in [0.25, 0.3) is 0 Å². The van der Waals surface area contributed by atoms with Crippen LogP contribution in [0.5, 0.6) is 0 Å². The van der Waals surface area contributed by atoms with Crippen LogP contribution in [-0.4, -0.2) is 41.6 Å². The molecule has 1 saturated heterocycles. The van der Waals surface area contributed by atoms with E-state index >= 15 is 0 Å². The molecule has 1 unspecified atom stereocenters. The first-order valence-corrected chi connectivity index (χ1v) is 6.77. The zero-order valence-corrected chi connectivity index (χ0v) is 10.6. The van der Waals surface area contributed by atoms with Gasteiger partial charge in [0.05, 0.1) is 18.1 Å². The number of nitrogens with zero attached hydrogens (tertiary/aromatic N) is 1. The molecule has 0 bridgehead atoms. The predicted molar refractivity (Wildman–Crippen MR) is 66.9 cm³/mol. The maximum absolute atomic E-state index is 11.8. The highest BCUT2D eigenvalue weighted by Gasteiger charge is 2.14. The number of hydrazine groups is 1. The molecule has 2 N–H and O–H groups in total. The Balaban J connectivity index is 1.82. The molecule has 1 fully saturated rings. The second-order valence-corrected chi connectivity index (χ2v) is 4.94. The molecule has 1 aromatic rings. The normalized spacial score (nSPS) is 18.0. The molecule has 98 valence electrons. The second kappa shape index (κ2) is 6.48. The Morgan fingerprint density at radius 3 is 2.56 bits per heavy atom. The lowest BCUT2D eigenvalue weighted by Crippen LogP contribution is -2.51. The number of benzene rings is 1. The van der Waals surface area contributed by atoms with E-state index in [1.165, 1.54) is 0 Å². The van der Waals surface area contributed by atoms with Gasteiger partial charge in [0.25, 0.3) is 0 Å². The Morgan fingerprint density at radius 1 is 1.22 bits per heavy atom. The number of nitrogens with one attached hydrogen (secondary N) is 2. The predicted octanol–water partition coefficient (Wildman–Crippen LogP) is 0.256. The smallest absolute Gasteiger partial charge is 0.341 e. The third-order valence-electron chi connectivity index (χ3n) is 2.41. The summed E-state index contributed by atoms with van der Waals surface area (Å²) in [5.74, 6) is 0. The highest BCUT2D eigenvalue weighted by molar-refractivity contribution is 7.83. The van der Waals surface area contributed by atoms with Crippen molar-refractivity contribution in [3.8, 4) is 0 Å². The SMILES string of the molecule is O=C(NN1CCOCC1)NS(=O)c1ccccc1. The number of hydrogen-bond donors (Lipinski definition) is 2. The summed E-state index contributed by atoms with van der Waals surface area (Å²) in [7, 11) is -1.54. The summed E-state index contributed by atoms with van der Waals surface area (Å²) in [6, 6.07) is 8.30. The molecule has 0 radical (unpaired) electrons. The van der Waals surface area contributed by atoms with Gasteiger partial charge in [-0.2, -0.15) is 0 Å². The molecule has 1 atom stereocenters. The molecular formula is C11H15N3O3S. The van der Waals surface area contributed by atoms with Crippen LogP contribution in [0.3, 0.4) is 0 Å². The van der Waals surface area contributed by atoms with Gasteiger partial charge in [0.2, 0.25) is 0 Å².